The molecule has 10 rings (SSSR count). The van der Waals surface area contributed by atoms with Crippen LogP contribution in [0.15, 0.2) is 164 Å². The normalized spacial score (nSPS) is 10.7. The topological polar surface area (TPSA) is 122 Å². The predicted molar refractivity (Wildman–Crippen MR) is 245 cm³/mol. The van der Waals surface area contributed by atoms with Gasteiger partial charge in [0.05, 0.1) is 46.2 Å². The van der Waals surface area contributed by atoms with Crippen molar-refractivity contribution in [3.63, 3.8) is 0 Å². The van der Waals surface area contributed by atoms with Gasteiger partial charge in [-0.05, 0) is 125 Å². The zero-order valence-electron chi connectivity index (χ0n) is 32.1. The van der Waals surface area contributed by atoms with Crippen LogP contribution in [0.4, 0.5) is 11.6 Å². The summed E-state index contributed by atoms with van der Waals surface area (Å²) in [5.74, 6) is 1.74. The SMILES string of the molecule is Clc1ccc(Cn2c(Cl)nc3ccccc32)cc1.Clc1nc2ccccc2[nH]1.N#Cc1cccc(Oc2ccc(Nc3nc4ccccc4n3Cc3ccc(Cl)cc3)cc2)n1. The summed E-state index contributed by atoms with van der Waals surface area (Å²) >= 11 is 23.7. The van der Waals surface area contributed by atoms with E-state index in [-0.39, 0.29) is 0 Å². The third-order valence-electron chi connectivity index (χ3n) is 9.30. The molecule has 0 saturated carbocycles. The highest BCUT2D eigenvalue weighted by Crippen LogP contribution is 2.27. The zero-order chi connectivity index (χ0) is 42.1. The number of nitrogens with one attached hydrogen (secondary N) is 2. The summed E-state index contributed by atoms with van der Waals surface area (Å²) in [6.45, 7) is 1.35. The highest BCUT2D eigenvalue weighted by Gasteiger charge is 2.12. The van der Waals surface area contributed by atoms with Crippen LogP contribution in [0.5, 0.6) is 11.6 Å². The van der Waals surface area contributed by atoms with E-state index in [9.17, 15) is 0 Å². The molecule has 10 nitrogen and oxygen atoms in total. The Balaban J connectivity index is 0.000000151. The van der Waals surface area contributed by atoms with E-state index < -0.39 is 0 Å². The molecule has 0 saturated heterocycles. The number of pyridine rings is 1. The number of nitrogens with zero attached hydrogens (tertiary/aromatic N) is 7. The van der Waals surface area contributed by atoms with Gasteiger partial charge >= 0.3 is 0 Å². The van der Waals surface area contributed by atoms with E-state index in [0.29, 0.717) is 46.0 Å². The van der Waals surface area contributed by atoms with Gasteiger partial charge in [0.25, 0.3) is 0 Å². The van der Waals surface area contributed by atoms with Crippen molar-refractivity contribution in [2.45, 2.75) is 13.1 Å². The number of H-pyrrole nitrogens is 1. The van der Waals surface area contributed by atoms with E-state index in [4.69, 9.17) is 61.4 Å². The Labute approximate surface area is 370 Å². The quantitative estimate of drug-likeness (QED) is 0.156. The number of nitriles is 1. The first kappa shape index (κ1) is 40.9. The van der Waals surface area contributed by atoms with Crippen LogP contribution in [0, 0.1) is 11.3 Å². The molecule has 0 aliphatic rings. The highest BCUT2D eigenvalue weighted by atomic mass is 35.5. The molecule has 0 bridgehead atoms. The first-order valence-electron chi connectivity index (χ1n) is 18.9. The van der Waals surface area contributed by atoms with Crippen LogP contribution in [0.3, 0.4) is 0 Å². The number of halogens is 4. The fourth-order valence-electron chi connectivity index (χ4n) is 6.38. The van der Waals surface area contributed by atoms with Gasteiger partial charge in [-0.3, -0.25) is 0 Å². The first-order chi connectivity index (χ1) is 29.8. The molecule has 300 valence electrons. The van der Waals surface area contributed by atoms with E-state index >= 15 is 0 Å². The number of rotatable bonds is 8. The van der Waals surface area contributed by atoms with Crippen molar-refractivity contribution < 1.29 is 4.74 Å². The van der Waals surface area contributed by atoms with Gasteiger partial charge in [0.15, 0.2) is 0 Å². The standard InChI is InChI=1S/C26H18ClN5O.C14H10Cl2N2.C7H5ClN2/c27-19-10-8-18(9-11-19)17-32-24-6-2-1-5-23(24)31-26(32)30-20-12-14-22(15-13-20)33-25-7-3-4-21(16-28)29-25;15-11-7-5-10(6-8-11)9-18-13-4-2-1-3-12(13)17-14(18)16;8-7-9-5-3-1-2-4-6(5)10-7/h1-15H,17H2,(H,30,31);1-8H,9H2;1-4H,(H,9,10). The molecule has 4 aromatic heterocycles. The number of benzene rings is 6. The first-order valence-corrected chi connectivity index (χ1v) is 20.4. The minimum absolute atomic E-state index is 0.311. The molecule has 0 aliphatic heterocycles. The van der Waals surface area contributed by atoms with Gasteiger partial charge in [-0.1, -0.05) is 89.9 Å². The lowest BCUT2D eigenvalue weighted by atomic mass is 10.2. The maximum Gasteiger partial charge on any atom is 0.220 e. The molecule has 0 spiro atoms. The third kappa shape index (κ3) is 10.3. The Kier molecular flexibility index (Phi) is 12.7. The molecule has 6 aromatic carbocycles. The lowest BCUT2D eigenvalue weighted by molar-refractivity contribution is 0.462. The predicted octanol–water partition coefficient (Wildman–Crippen LogP) is 13.1. The van der Waals surface area contributed by atoms with Crippen molar-refractivity contribution in [1.82, 2.24) is 34.1 Å². The van der Waals surface area contributed by atoms with Crippen molar-refractivity contribution in [3.8, 4) is 17.7 Å². The maximum absolute atomic E-state index is 8.99. The minimum atomic E-state index is 0.311. The maximum atomic E-state index is 8.99. The number of hydrogen-bond acceptors (Lipinski definition) is 7. The molecule has 2 N–H and O–H groups in total. The van der Waals surface area contributed by atoms with Gasteiger partial charge < -0.3 is 24.2 Å². The van der Waals surface area contributed by atoms with Crippen LogP contribution in [0.1, 0.15) is 16.8 Å². The third-order valence-corrected chi connectivity index (χ3v) is 10.3. The molecule has 14 heteroatoms. The Morgan fingerprint density at radius 3 is 1.77 bits per heavy atom. The monoisotopic (exact) mass is 879 g/mol. The number of aromatic nitrogens is 7. The molecule has 10 aromatic rings. The summed E-state index contributed by atoms with van der Waals surface area (Å²) in [5.41, 5.74) is 9.25. The molecule has 61 heavy (non-hydrogen) atoms. The van der Waals surface area contributed by atoms with Crippen molar-refractivity contribution in [2.75, 3.05) is 5.32 Å². The zero-order valence-corrected chi connectivity index (χ0v) is 35.1. The molecule has 4 heterocycles. The lowest BCUT2D eigenvalue weighted by Gasteiger charge is -2.12. The second-order valence-electron chi connectivity index (χ2n) is 13.5. The minimum Gasteiger partial charge on any atom is -0.439 e. The summed E-state index contributed by atoms with van der Waals surface area (Å²) in [6, 6.07) is 53.9. The lowest BCUT2D eigenvalue weighted by Crippen LogP contribution is -2.05. The van der Waals surface area contributed by atoms with Crippen molar-refractivity contribution >= 4 is 91.1 Å². The summed E-state index contributed by atoms with van der Waals surface area (Å²) < 4.78 is 9.89. The fraction of sp³-hybridized carbons (Fsp3) is 0.0426. The van der Waals surface area contributed by atoms with E-state index in [1.165, 1.54) is 0 Å². The van der Waals surface area contributed by atoms with Gasteiger partial charge in [0.1, 0.15) is 17.5 Å². The number of anilines is 2. The number of aromatic amines is 1. The summed E-state index contributed by atoms with van der Waals surface area (Å²) in [5, 5.41) is 14.8. The largest absolute Gasteiger partial charge is 0.439 e. The summed E-state index contributed by atoms with van der Waals surface area (Å²) in [7, 11) is 0. The molecule has 0 aliphatic carbocycles. The molecule has 0 radical (unpaired) electrons. The molecule has 0 amide bonds. The van der Waals surface area contributed by atoms with Gasteiger partial charge in [-0.15, -0.1) is 0 Å². The molecule has 0 atom stereocenters. The van der Waals surface area contributed by atoms with Crippen molar-refractivity contribution in [1.29, 1.82) is 5.26 Å². The van der Waals surface area contributed by atoms with Crippen LogP contribution in [-0.2, 0) is 13.1 Å². The van der Waals surface area contributed by atoms with E-state index in [1.807, 2.05) is 150 Å². The molecule has 0 fully saturated rings. The number of hydrogen-bond donors (Lipinski definition) is 2. The Bertz CT molecular complexity index is 3070. The number of ether oxygens (including phenoxy) is 1. The smallest absolute Gasteiger partial charge is 0.220 e. The number of imidazole rings is 3. The Morgan fingerprint density at radius 2 is 1.13 bits per heavy atom. The molecule has 0 unspecified atom stereocenters. The fourth-order valence-corrected chi connectivity index (χ4v) is 7.07. The van der Waals surface area contributed by atoms with Gasteiger partial charge in [-0.25, -0.2) is 19.9 Å². The average Bonchev–Trinajstić information content (AvgIpc) is 3.94. The second kappa shape index (κ2) is 19.0. The van der Waals surface area contributed by atoms with Gasteiger partial charge in [0, 0.05) is 21.8 Å². The van der Waals surface area contributed by atoms with Crippen molar-refractivity contribution in [2.24, 2.45) is 0 Å². The summed E-state index contributed by atoms with van der Waals surface area (Å²) in [4.78, 5) is 20.2. The highest BCUT2D eigenvalue weighted by molar-refractivity contribution is 6.31. The average molecular weight is 882 g/mol. The van der Waals surface area contributed by atoms with Crippen LogP contribution >= 0.6 is 46.4 Å². The Hall–Kier alpha value is -6.87. The Morgan fingerprint density at radius 1 is 0.557 bits per heavy atom. The molecular formula is C47H33Cl4N9O. The summed E-state index contributed by atoms with van der Waals surface area (Å²) in [6.07, 6.45) is 0. The van der Waals surface area contributed by atoms with Gasteiger partial charge in [0.2, 0.25) is 22.4 Å². The van der Waals surface area contributed by atoms with Crippen LogP contribution in [0.25, 0.3) is 33.1 Å². The van der Waals surface area contributed by atoms with Crippen molar-refractivity contribution in [3.05, 3.63) is 201 Å². The second-order valence-corrected chi connectivity index (χ2v) is 15.1. The number of fused-ring (bicyclic) bond motifs is 3. The number of para-hydroxylation sites is 6. The van der Waals surface area contributed by atoms with E-state index in [2.05, 4.69) is 35.9 Å². The van der Waals surface area contributed by atoms with Crippen LogP contribution < -0.4 is 10.1 Å². The van der Waals surface area contributed by atoms with E-state index in [0.717, 1.165) is 60.9 Å². The van der Waals surface area contributed by atoms with Gasteiger partial charge in [-0.2, -0.15) is 5.26 Å². The van der Waals surface area contributed by atoms with Crippen LogP contribution in [0.2, 0.25) is 20.6 Å². The molecular weight excluding hydrogens is 848 g/mol. The van der Waals surface area contributed by atoms with Crippen LogP contribution in [-0.4, -0.2) is 34.1 Å². The van der Waals surface area contributed by atoms with E-state index in [1.54, 1.807) is 18.2 Å².